The molecule has 0 saturated carbocycles. The second-order valence-electron chi connectivity index (χ2n) is 6.95. The lowest BCUT2D eigenvalue weighted by molar-refractivity contribution is -0.153. The number of hydrogen-bond donors (Lipinski definition) is 1. The SMILES string of the molecule is Cc1noc(C)c1CC(=O)N1CCCC2(CCOCC2)C1C(N)=O. The Balaban J connectivity index is 1.85. The fraction of sp³-hybridized carbons (Fsp3) is 0.706. The van der Waals surface area contributed by atoms with Crippen molar-refractivity contribution in [2.45, 2.75) is 52.0 Å². The van der Waals surface area contributed by atoms with Crippen molar-refractivity contribution in [1.82, 2.24) is 10.1 Å². The average Bonchev–Trinajstić information content (AvgIpc) is 2.87. The van der Waals surface area contributed by atoms with Crippen LogP contribution in [0.2, 0.25) is 0 Å². The summed E-state index contributed by atoms with van der Waals surface area (Å²) in [6.07, 6.45) is 3.54. The van der Waals surface area contributed by atoms with Crippen molar-refractivity contribution in [2.75, 3.05) is 19.8 Å². The molecule has 2 aliphatic rings. The molecule has 0 aromatic carbocycles. The molecule has 2 amide bonds. The zero-order valence-electron chi connectivity index (χ0n) is 14.3. The van der Waals surface area contributed by atoms with E-state index in [1.54, 1.807) is 11.8 Å². The van der Waals surface area contributed by atoms with Crippen LogP contribution in [0, 0.1) is 19.3 Å². The van der Waals surface area contributed by atoms with Gasteiger partial charge in [0.25, 0.3) is 0 Å². The molecule has 7 nitrogen and oxygen atoms in total. The highest BCUT2D eigenvalue weighted by Gasteiger charge is 2.49. The summed E-state index contributed by atoms with van der Waals surface area (Å²) in [7, 11) is 0. The zero-order chi connectivity index (χ0) is 17.3. The number of rotatable bonds is 3. The predicted octanol–water partition coefficient (Wildman–Crippen LogP) is 1.11. The Labute approximate surface area is 141 Å². The van der Waals surface area contributed by atoms with E-state index in [0.29, 0.717) is 31.2 Å². The number of nitrogens with two attached hydrogens (primary N) is 1. The van der Waals surface area contributed by atoms with E-state index in [2.05, 4.69) is 5.16 Å². The van der Waals surface area contributed by atoms with Crippen LogP contribution in [0.5, 0.6) is 0 Å². The van der Waals surface area contributed by atoms with Gasteiger partial charge in [-0.2, -0.15) is 0 Å². The monoisotopic (exact) mass is 335 g/mol. The molecular weight excluding hydrogens is 310 g/mol. The summed E-state index contributed by atoms with van der Waals surface area (Å²) in [5.74, 6) is 0.150. The summed E-state index contributed by atoms with van der Waals surface area (Å²) < 4.78 is 10.6. The Morgan fingerprint density at radius 1 is 1.29 bits per heavy atom. The predicted molar refractivity (Wildman–Crippen MR) is 86.1 cm³/mol. The first kappa shape index (κ1) is 17.0. The van der Waals surface area contributed by atoms with Gasteiger partial charge in [-0.1, -0.05) is 5.16 Å². The molecule has 2 fully saturated rings. The second-order valence-corrected chi connectivity index (χ2v) is 6.95. The first-order valence-corrected chi connectivity index (χ1v) is 8.53. The van der Waals surface area contributed by atoms with E-state index >= 15 is 0 Å². The fourth-order valence-corrected chi connectivity index (χ4v) is 4.23. The number of piperidine rings is 1. The van der Waals surface area contributed by atoms with Gasteiger partial charge in [-0.05, 0) is 39.5 Å². The van der Waals surface area contributed by atoms with Crippen molar-refractivity contribution < 1.29 is 18.8 Å². The number of nitrogens with zero attached hydrogens (tertiary/aromatic N) is 2. The molecule has 1 spiro atoms. The number of aromatic nitrogens is 1. The summed E-state index contributed by atoms with van der Waals surface area (Å²) >= 11 is 0. The zero-order valence-corrected chi connectivity index (χ0v) is 14.3. The van der Waals surface area contributed by atoms with Gasteiger partial charge >= 0.3 is 0 Å². The minimum Gasteiger partial charge on any atom is -0.381 e. The van der Waals surface area contributed by atoms with Crippen LogP contribution in [-0.4, -0.2) is 47.7 Å². The second kappa shape index (κ2) is 6.55. The molecule has 2 N–H and O–H groups in total. The van der Waals surface area contributed by atoms with E-state index in [1.807, 2.05) is 6.92 Å². The van der Waals surface area contributed by atoms with Gasteiger partial charge < -0.3 is 19.9 Å². The lowest BCUT2D eigenvalue weighted by atomic mass is 9.67. The molecule has 2 aliphatic heterocycles. The van der Waals surface area contributed by atoms with Gasteiger partial charge in [-0.15, -0.1) is 0 Å². The number of likely N-dealkylation sites (tertiary alicyclic amines) is 1. The Kier molecular flexibility index (Phi) is 4.62. The van der Waals surface area contributed by atoms with E-state index in [1.165, 1.54) is 0 Å². The van der Waals surface area contributed by atoms with Crippen molar-refractivity contribution in [3.63, 3.8) is 0 Å². The molecule has 2 saturated heterocycles. The summed E-state index contributed by atoms with van der Waals surface area (Å²) in [4.78, 5) is 26.8. The molecule has 0 aliphatic carbocycles. The third-order valence-electron chi connectivity index (χ3n) is 5.55. The third kappa shape index (κ3) is 2.92. The van der Waals surface area contributed by atoms with E-state index in [9.17, 15) is 9.59 Å². The number of aryl methyl sites for hydroxylation is 2. The topological polar surface area (TPSA) is 98.7 Å². The number of carbonyl (C=O) groups is 2. The van der Waals surface area contributed by atoms with Gasteiger partial charge in [0.15, 0.2) is 0 Å². The summed E-state index contributed by atoms with van der Waals surface area (Å²) in [6.45, 7) is 5.43. The highest BCUT2D eigenvalue weighted by molar-refractivity contribution is 5.88. The van der Waals surface area contributed by atoms with Crippen molar-refractivity contribution >= 4 is 11.8 Å². The van der Waals surface area contributed by atoms with E-state index < -0.39 is 11.9 Å². The van der Waals surface area contributed by atoms with Crippen LogP contribution in [0.4, 0.5) is 0 Å². The minimum atomic E-state index is -0.553. The van der Waals surface area contributed by atoms with Crippen LogP contribution < -0.4 is 5.73 Å². The summed E-state index contributed by atoms with van der Waals surface area (Å²) in [5.41, 5.74) is 7.01. The van der Waals surface area contributed by atoms with Gasteiger partial charge in [-0.25, -0.2) is 0 Å². The molecule has 1 aromatic heterocycles. The van der Waals surface area contributed by atoms with Gasteiger partial charge in [0.1, 0.15) is 11.8 Å². The van der Waals surface area contributed by atoms with Crippen molar-refractivity contribution in [3.8, 4) is 0 Å². The maximum Gasteiger partial charge on any atom is 0.240 e. The Morgan fingerprint density at radius 2 is 2.00 bits per heavy atom. The normalized spacial score (nSPS) is 23.4. The van der Waals surface area contributed by atoms with Crippen molar-refractivity contribution in [2.24, 2.45) is 11.1 Å². The minimum absolute atomic E-state index is 0.0845. The first-order valence-electron chi connectivity index (χ1n) is 8.53. The molecule has 1 aromatic rings. The first-order chi connectivity index (χ1) is 11.4. The largest absolute Gasteiger partial charge is 0.381 e. The maximum absolute atomic E-state index is 12.9. The Bertz CT molecular complexity index is 609. The smallest absolute Gasteiger partial charge is 0.240 e. The molecule has 1 unspecified atom stereocenters. The number of carbonyl (C=O) groups excluding carboxylic acids is 2. The van der Waals surface area contributed by atoms with Crippen LogP contribution in [0.15, 0.2) is 4.52 Å². The van der Waals surface area contributed by atoms with Crippen molar-refractivity contribution in [3.05, 3.63) is 17.0 Å². The number of primary amides is 1. The van der Waals surface area contributed by atoms with E-state index in [0.717, 1.165) is 31.2 Å². The third-order valence-corrected chi connectivity index (χ3v) is 5.55. The molecule has 132 valence electrons. The molecule has 24 heavy (non-hydrogen) atoms. The molecular formula is C17H25N3O4. The van der Waals surface area contributed by atoms with E-state index in [4.69, 9.17) is 15.0 Å². The molecule has 0 radical (unpaired) electrons. The van der Waals surface area contributed by atoms with Crippen LogP contribution >= 0.6 is 0 Å². The summed E-state index contributed by atoms with van der Waals surface area (Å²) in [5, 5.41) is 3.90. The number of ether oxygens (including phenoxy) is 1. The molecule has 3 rings (SSSR count). The highest BCUT2D eigenvalue weighted by atomic mass is 16.5. The van der Waals surface area contributed by atoms with Crippen LogP contribution in [0.25, 0.3) is 0 Å². The fourth-order valence-electron chi connectivity index (χ4n) is 4.23. The lowest BCUT2D eigenvalue weighted by Gasteiger charge is -2.50. The highest BCUT2D eigenvalue weighted by Crippen LogP contribution is 2.44. The van der Waals surface area contributed by atoms with Gasteiger partial charge in [0.2, 0.25) is 11.8 Å². The van der Waals surface area contributed by atoms with Crippen LogP contribution in [0.1, 0.15) is 42.7 Å². The van der Waals surface area contributed by atoms with Gasteiger partial charge in [-0.3, -0.25) is 9.59 Å². The van der Waals surface area contributed by atoms with Gasteiger partial charge in [0.05, 0.1) is 12.1 Å². The maximum atomic E-state index is 12.9. The Morgan fingerprint density at radius 3 is 2.58 bits per heavy atom. The molecule has 0 bridgehead atoms. The summed E-state index contributed by atoms with van der Waals surface area (Å²) in [6, 6.07) is -0.553. The van der Waals surface area contributed by atoms with Crippen LogP contribution in [-0.2, 0) is 20.7 Å². The number of amides is 2. The molecule has 1 atom stereocenters. The van der Waals surface area contributed by atoms with Crippen molar-refractivity contribution in [1.29, 1.82) is 0 Å². The van der Waals surface area contributed by atoms with E-state index in [-0.39, 0.29) is 17.7 Å². The molecule has 7 heteroatoms. The standard InChI is InChI=1S/C17H25N3O4/c1-11-13(12(2)24-19-11)10-14(21)20-7-3-4-17(15(20)16(18)22)5-8-23-9-6-17/h15H,3-10H2,1-2H3,(H2,18,22). The molecule has 3 heterocycles. The average molecular weight is 335 g/mol. The number of hydrogen-bond acceptors (Lipinski definition) is 5. The Hall–Kier alpha value is -1.89. The van der Waals surface area contributed by atoms with Gasteiger partial charge in [0, 0.05) is 30.7 Å². The van der Waals surface area contributed by atoms with Crippen LogP contribution in [0.3, 0.4) is 0 Å². The lowest BCUT2D eigenvalue weighted by Crippen LogP contribution is -2.61. The quantitative estimate of drug-likeness (QED) is 0.892.